The summed E-state index contributed by atoms with van der Waals surface area (Å²) in [6, 6.07) is 15.6. The van der Waals surface area contributed by atoms with Crippen molar-refractivity contribution in [3.05, 3.63) is 155 Å². The van der Waals surface area contributed by atoms with Crippen LogP contribution in [0, 0.1) is 16.6 Å². The van der Waals surface area contributed by atoms with E-state index in [-0.39, 0.29) is 25.0 Å². The monoisotopic (exact) mass is 1060 g/mol. The normalized spacial score (nSPS) is 14.9. The molecule has 20 heteroatoms. The number of hydrogen-bond acceptors (Lipinski definition) is 7. The summed E-state index contributed by atoms with van der Waals surface area (Å²) in [4.78, 5) is 27.9. The van der Waals surface area contributed by atoms with Gasteiger partial charge >= 0.3 is 36.6 Å². The Morgan fingerprint density at radius 1 is 0.500 bits per heavy atom. The molecular formula is C54H53F13O7. The molecule has 5 rings (SSSR count). The van der Waals surface area contributed by atoms with Crippen LogP contribution in [0.1, 0.15) is 108 Å². The Bertz CT molecular complexity index is 2660. The minimum Gasteiger partial charge on any atom is -0.508 e. The second-order valence-electron chi connectivity index (χ2n) is 19.8. The first-order valence-electron chi connectivity index (χ1n) is 22.8. The van der Waals surface area contributed by atoms with E-state index in [1.54, 1.807) is 27.7 Å². The third kappa shape index (κ3) is 12.3. The van der Waals surface area contributed by atoms with Crippen LogP contribution in [0.2, 0.25) is 0 Å². The third-order valence-electron chi connectivity index (χ3n) is 12.7. The molecule has 0 aliphatic heterocycles. The lowest BCUT2D eigenvalue weighted by molar-refractivity contribution is -0.290. The molecule has 3 atom stereocenters. The Morgan fingerprint density at radius 2 is 0.851 bits per heavy atom. The van der Waals surface area contributed by atoms with Crippen molar-refractivity contribution in [2.45, 2.75) is 128 Å². The van der Waals surface area contributed by atoms with Gasteiger partial charge in [-0.2, -0.15) is 52.7 Å². The van der Waals surface area contributed by atoms with Crippen molar-refractivity contribution in [1.29, 1.82) is 0 Å². The summed E-state index contributed by atoms with van der Waals surface area (Å²) in [5, 5.41) is 9.59. The second kappa shape index (κ2) is 21.1. The summed E-state index contributed by atoms with van der Waals surface area (Å²) < 4.78 is 214. The Kier molecular flexibility index (Phi) is 16.7. The van der Waals surface area contributed by atoms with E-state index in [0.29, 0.717) is 66.2 Å². The molecule has 0 aliphatic rings. The van der Waals surface area contributed by atoms with Crippen LogP contribution < -0.4 is 14.2 Å². The number of aromatic hydroxyl groups is 1. The lowest BCUT2D eigenvalue weighted by Crippen LogP contribution is -2.54. The van der Waals surface area contributed by atoms with Crippen molar-refractivity contribution in [2.24, 2.45) is 10.8 Å². The fourth-order valence-corrected chi connectivity index (χ4v) is 8.85. The summed E-state index contributed by atoms with van der Waals surface area (Å²) in [6.07, 6.45) is -25.1. The number of carbonyl (C=O) groups excluding carboxylic acids is 2. The summed E-state index contributed by atoms with van der Waals surface area (Å²) in [5.41, 5.74) is -17.5. The number of esters is 2. The first-order valence-corrected chi connectivity index (χ1v) is 22.8. The van der Waals surface area contributed by atoms with Crippen molar-refractivity contribution in [3.8, 4) is 23.0 Å². The predicted octanol–water partition coefficient (Wildman–Crippen LogP) is 15.4. The highest BCUT2D eigenvalue weighted by molar-refractivity contribution is 5.80. The van der Waals surface area contributed by atoms with Gasteiger partial charge in [0.25, 0.3) is 0 Å². The molecule has 0 fully saturated rings. The van der Waals surface area contributed by atoms with Crippen molar-refractivity contribution < 1.29 is 90.7 Å². The smallest absolute Gasteiger partial charge is 0.411 e. The van der Waals surface area contributed by atoms with Crippen LogP contribution in [-0.2, 0) is 25.2 Å². The number of alkyl halides is 12. The van der Waals surface area contributed by atoms with E-state index in [0.717, 1.165) is 48.5 Å². The molecule has 0 radical (unpaired) electrons. The molecule has 5 aromatic carbocycles. The summed E-state index contributed by atoms with van der Waals surface area (Å²) in [7, 11) is 0. The van der Waals surface area contributed by atoms with Gasteiger partial charge < -0.3 is 24.1 Å². The van der Waals surface area contributed by atoms with Crippen molar-refractivity contribution in [3.63, 3.8) is 0 Å². The zero-order valence-corrected chi connectivity index (χ0v) is 41.1. The lowest BCUT2D eigenvalue weighted by Gasteiger charge is -2.38. The number of halogens is 13. The maximum absolute atomic E-state index is 15.0. The molecule has 0 aromatic heterocycles. The number of ether oxygens (including phenoxy) is 4. The first kappa shape index (κ1) is 58.6. The van der Waals surface area contributed by atoms with Gasteiger partial charge in [-0.25, -0.2) is 4.39 Å². The lowest BCUT2D eigenvalue weighted by atomic mass is 9.71. The number of phenols is 1. The fourth-order valence-electron chi connectivity index (χ4n) is 8.85. The Balaban J connectivity index is 1.40. The van der Waals surface area contributed by atoms with E-state index in [2.05, 4.69) is 0 Å². The number of carbonyl (C=O) groups is 2. The van der Waals surface area contributed by atoms with Crippen LogP contribution in [0.5, 0.6) is 23.0 Å². The average molecular weight is 1060 g/mol. The average Bonchev–Trinajstić information content (AvgIpc) is 3.26. The molecule has 5 aromatic rings. The Hall–Kier alpha value is -6.31. The van der Waals surface area contributed by atoms with Gasteiger partial charge in [0.15, 0.2) is 6.29 Å². The van der Waals surface area contributed by atoms with E-state index in [4.69, 9.17) is 18.9 Å². The zero-order valence-electron chi connectivity index (χ0n) is 41.1. The fraction of sp³-hybridized carbons (Fsp3) is 0.407. The van der Waals surface area contributed by atoms with E-state index >= 15 is 0 Å². The van der Waals surface area contributed by atoms with Crippen molar-refractivity contribution in [2.75, 3.05) is 0 Å². The standard InChI is InChI=1S/C54H53F13O7/c1-9-48(8,45(70)73-43-28-18-37(19-29-43)49(51(56,57)58,52(59,60)61)35-12-22-40(68)23-13-35)31-34(33-10-20-39(55)21-11-33)30-47(6,7)44(69)72-42-26-16-38(17-27-42)50(53(62,63)64,54(65,66)67)36-14-24-41(25-15-36)71-32(2)74-46(3,4)5/h10-29,32,34,68H,9,30-31H2,1-8H3. The zero-order chi connectivity index (χ0) is 55.7. The maximum atomic E-state index is 15.0. The molecule has 0 amide bonds. The number of rotatable bonds is 17. The molecule has 0 aliphatic carbocycles. The minimum atomic E-state index is -5.95. The highest BCUT2D eigenvalue weighted by atomic mass is 19.4. The van der Waals surface area contributed by atoms with Crippen molar-refractivity contribution in [1.82, 2.24) is 0 Å². The van der Waals surface area contributed by atoms with Crippen LogP contribution >= 0.6 is 0 Å². The van der Waals surface area contributed by atoms with Gasteiger partial charge in [-0.05, 0) is 162 Å². The van der Waals surface area contributed by atoms with E-state index < -0.39 is 121 Å². The third-order valence-corrected chi connectivity index (χ3v) is 12.7. The van der Waals surface area contributed by atoms with Gasteiger partial charge in [0.1, 0.15) is 28.8 Å². The van der Waals surface area contributed by atoms with Crippen LogP contribution in [0.3, 0.4) is 0 Å². The molecule has 7 nitrogen and oxygen atoms in total. The van der Waals surface area contributed by atoms with Gasteiger partial charge in [0, 0.05) is 0 Å². The molecule has 74 heavy (non-hydrogen) atoms. The van der Waals surface area contributed by atoms with Crippen LogP contribution in [-0.4, -0.2) is 53.6 Å². The van der Waals surface area contributed by atoms with Crippen LogP contribution in [0.4, 0.5) is 57.1 Å². The summed E-state index contributed by atoms with van der Waals surface area (Å²) in [5.74, 6) is -5.01. The second-order valence-corrected chi connectivity index (χ2v) is 19.8. The van der Waals surface area contributed by atoms with Gasteiger partial charge in [-0.1, -0.05) is 67.6 Å². The van der Waals surface area contributed by atoms with E-state index in [1.165, 1.54) is 39.8 Å². The largest absolute Gasteiger partial charge is 0.508 e. The number of hydrogen-bond donors (Lipinski definition) is 1. The number of phenolic OH excluding ortho intramolecular Hbond substituents is 1. The van der Waals surface area contributed by atoms with E-state index in [1.807, 2.05) is 0 Å². The molecule has 0 saturated heterocycles. The van der Waals surface area contributed by atoms with Gasteiger partial charge in [0.05, 0.1) is 16.4 Å². The first-order chi connectivity index (χ1) is 33.9. The van der Waals surface area contributed by atoms with E-state index in [9.17, 15) is 71.8 Å². The Labute approximate surface area is 418 Å². The molecule has 0 spiro atoms. The van der Waals surface area contributed by atoms with Gasteiger partial charge in [-0.3, -0.25) is 9.59 Å². The SMILES string of the molecule is CCC(C)(CC(CC(C)(C)C(=O)Oc1ccc(C(c2ccc(OC(C)OC(C)(C)C)cc2)(C(F)(F)F)C(F)(F)F)cc1)c1ccc(F)cc1)C(=O)Oc1ccc(C(c2ccc(O)cc2)(C(F)(F)F)C(F)(F)F)cc1. The number of benzene rings is 5. The molecule has 3 unspecified atom stereocenters. The van der Waals surface area contributed by atoms with Gasteiger partial charge in [0.2, 0.25) is 10.8 Å². The van der Waals surface area contributed by atoms with Crippen LogP contribution in [0.15, 0.2) is 121 Å². The highest BCUT2D eigenvalue weighted by Gasteiger charge is 2.73. The highest BCUT2D eigenvalue weighted by Crippen LogP contribution is 2.58. The summed E-state index contributed by atoms with van der Waals surface area (Å²) in [6.45, 7) is 12.5. The van der Waals surface area contributed by atoms with Gasteiger partial charge in [-0.15, -0.1) is 0 Å². The topological polar surface area (TPSA) is 91.3 Å². The minimum absolute atomic E-state index is 0.00578. The molecule has 1 N–H and O–H groups in total. The Morgan fingerprint density at radius 3 is 1.20 bits per heavy atom. The molecule has 0 bridgehead atoms. The molecule has 0 heterocycles. The maximum Gasteiger partial charge on any atom is 0.411 e. The quantitative estimate of drug-likeness (QED) is 0.0429. The predicted molar refractivity (Wildman–Crippen MR) is 246 cm³/mol. The molecular weight excluding hydrogens is 1010 g/mol. The molecule has 0 saturated carbocycles. The molecule has 402 valence electrons. The summed E-state index contributed by atoms with van der Waals surface area (Å²) >= 11 is 0. The van der Waals surface area contributed by atoms with Crippen LogP contribution in [0.25, 0.3) is 0 Å². The van der Waals surface area contributed by atoms with Crippen molar-refractivity contribution >= 4 is 11.9 Å².